The van der Waals surface area contributed by atoms with Crippen molar-refractivity contribution in [3.63, 3.8) is 0 Å². The summed E-state index contributed by atoms with van der Waals surface area (Å²) in [6.07, 6.45) is 2.20. The zero-order valence-electron chi connectivity index (χ0n) is 16.4. The molecule has 25 heavy (non-hydrogen) atoms. The predicted molar refractivity (Wildman–Crippen MR) is 104 cm³/mol. The number of aliphatic hydroxyl groups excluding tert-OH is 1. The van der Waals surface area contributed by atoms with E-state index >= 15 is 0 Å². The van der Waals surface area contributed by atoms with Crippen LogP contribution in [0.15, 0.2) is 30.3 Å². The minimum absolute atomic E-state index is 0.200. The zero-order chi connectivity index (χ0) is 18.0. The Morgan fingerprint density at radius 3 is 2.24 bits per heavy atom. The first kappa shape index (κ1) is 18.9. The highest BCUT2D eigenvalue weighted by atomic mass is 16.3. The van der Waals surface area contributed by atoms with Gasteiger partial charge in [0, 0.05) is 38.1 Å². The number of aliphatic hydroxyl groups is 1. The fourth-order valence-corrected chi connectivity index (χ4v) is 5.09. The highest BCUT2D eigenvalue weighted by molar-refractivity contribution is 5.21. The van der Waals surface area contributed by atoms with Crippen LogP contribution in [0, 0.1) is 23.7 Å². The zero-order valence-corrected chi connectivity index (χ0v) is 16.4. The summed E-state index contributed by atoms with van der Waals surface area (Å²) < 4.78 is 0. The molecular formula is C22H36N2O. The molecule has 0 aromatic heterocycles. The average Bonchev–Trinajstić information content (AvgIpc) is 2.60. The maximum atomic E-state index is 11.3. The van der Waals surface area contributed by atoms with E-state index in [1.165, 1.54) is 18.4 Å². The van der Waals surface area contributed by atoms with Crippen LogP contribution in [0.3, 0.4) is 0 Å². The molecule has 3 nitrogen and oxygen atoms in total. The number of likely N-dealkylation sites (N-methyl/N-ethyl adjacent to an activating group) is 1. The maximum Gasteiger partial charge on any atom is 0.0619 e. The lowest BCUT2D eigenvalue weighted by Gasteiger charge is -2.49. The van der Waals surface area contributed by atoms with Crippen LogP contribution in [0.4, 0.5) is 0 Å². The Balaban J connectivity index is 1.92. The fraction of sp³-hybridized carbons (Fsp3) is 0.727. The number of rotatable bonds is 4. The van der Waals surface area contributed by atoms with Gasteiger partial charge in [0.1, 0.15) is 0 Å². The van der Waals surface area contributed by atoms with Crippen LogP contribution in [-0.2, 0) is 0 Å². The van der Waals surface area contributed by atoms with Gasteiger partial charge in [0.2, 0.25) is 0 Å². The van der Waals surface area contributed by atoms with E-state index in [4.69, 9.17) is 0 Å². The molecule has 1 aromatic rings. The Bertz CT molecular complexity index is 524. The van der Waals surface area contributed by atoms with Crippen molar-refractivity contribution < 1.29 is 5.11 Å². The van der Waals surface area contributed by atoms with E-state index in [9.17, 15) is 5.11 Å². The van der Waals surface area contributed by atoms with Crippen LogP contribution in [0.2, 0.25) is 0 Å². The number of nitrogens with zero attached hydrogens (tertiary/aromatic N) is 2. The van der Waals surface area contributed by atoms with Gasteiger partial charge in [-0.25, -0.2) is 0 Å². The third kappa shape index (κ3) is 4.10. The van der Waals surface area contributed by atoms with Gasteiger partial charge in [-0.05, 0) is 43.2 Å². The minimum Gasteiger partial charge on any atom is -0.392 e. The molecule has 3 rings (SSSR count). The second-order valence-corrected chi connectivity index (χ2v) is 8.73. The largest absolute Gasteiger partial charge is 0.392 e. The van der Waals surface area contributed by atoms with Crippen molar-refractivity contribution in [2.75, 3.05) is 33.2 Å². The van der Waals surface area contributed by atoms with Crippen molar-refractivity contribution in [2.45, 2.75) is 45.8 Å². The van der Waals surface area contributed by atoms with Crippen molar-refractivity contribution in [1.82, 2.24) is 9.80 Å². The van der Waals surface area contributed by atoms with Crippen LogP contribution in [0.25, 0.3) is 0 Å². The highest BCUT2D eigenvalue weighted by Gasteiger charge is 2.44. The lowest BCUT2D eigenvalue weighted by atomic mass is 9.65. The fourth-order valence-electron chi connectivity index (χ4n) is 5.09. The molecule has 3 heteroatoms. The SMILES string of the molecule is CC(C)[C@@H]1CC[C@@H](C)C(C(c2ccccc2)N2CCN(C)CC2)C1O. The Labute approximate surface area is 154 Å². The summed E-state index contributed by atoms with van der Waals surface area (Å²) in [6, 6.07) is 11.3. The van der Waals surface area contributed by atoms with Crippen LogP contribution in [-0.4, -0.2) is 54.2 Å². The quantitative estimate of drug-likeness (QED) is 0.903. The Morgan fingerprint density at radius 2 is 1.64 bits per heavy atom. The molecular weight excluding hydrogens is 308 g/mol. The number of benzene rings is 1. The molecule has 140 valence electrons. The monoisotopic (exact) mass is 344 g/mol. The van der Waals surface area contributed by atoms with Gasteiger partial charge in [-0.2, -0.15) is 0 Å². The van der Waals surface area contributed by atoms with E-state index in [1.807, 2.05) is 0 Å². The Hall–Kier alpha value is -0.900. The van der Waals surface area contributed by atoms with Gasteiger partial charge in [0.15, 0.2) is 0 Å². The maximum absolute atomic E-state index is 11.3. The van der Waals surface area contributed by atoms with Crippen molar-refractivity contribution in [1.29, 1.82) is 0 Å². The first-order chi connectivity index (χ1) is 12.0. The molecule has 3 unspecified atom stereocenters. The summed E-state index contributed by atoms with van der Waals surface area (Å²) in [5.41, 5.74) is 1.38. The molecule has 0 bridgehead atoms. The van der Waals surface area contributed by atoms with Crippen molar-refractivity contribution in [2.24, 2.45) is 23.7 Å². The van der Waals surface area contributed by atoms with E-state index in [1.54, 1.807) is 0 Å². The van der Waals surface area contributed by atoms with Gasteiger partial charge in [0.25, 0.3) is 0 Å². The van der Waals surface area contributed by atoms with Gasteiger partial charge in [-0.1, -0.05) is 51.1 Å². The molecule has 1 saturated heterocycles. The summed E-state index contributed by atoms with van der Waals surface area (Å²) in [7, 11) is 2.21. The first-order valence-electron chi connectivity index (χ1n) is 10.1. The Kier molecular flexibility index (Phi) is 6.19. The van der Waals surface area contributed by atoms with Crippen LogP contribution < -0.4 is 0 Å². The first-order valence-corrected chi connectivity index (χ1v) is 10.1. The average molecular weight is 345 g/mol. The van der Waals surface area contributed by atoms with Gasteiger partial charge in [-0.3, -0.25) is 4.90 Å². The molecule has 0 radical (unpaired) electrons. The van der Waals surface area contributed by atoms with E-state index in [-0.39, 0.29) is 6.10 Å². The van der Waals surface area contributed by atoms with Gasteiger partial charge >= 0.3 is 0 Å². The molecule has 1 aromatic carbocycles. The third-order valence-corrected chi connectivity index (χ3v) is 6.74. The Morgan fingerprint density at radius 1 is 1.00 bits per heavy atom. The van der Waals surface area contributed by atoms with E-state index in [2.05, 4.69) is 68.0 Å². The summed E-state index contributed by atoms with van der Waals surface area (Å²) >= 11 is 0. The minimum atomic E-state index is -0.200. The lowest BCUT2D eigenvalue weighted by molar-refractivity contribution is -0.0726. The summed E-state index contributed by atoms with van der Waals surface area (Å²) in [5.74, 6) is 1.87. The lowest BCUT2D eigenvalue weighted by Crippen LogP contribution is -2.52. The topological polar surface area (TPSA) is 26.7 Å². The van der Waals surface area contributed by atoms with Crippen molar-refractivity contribution in [3.05, 3.63) is 35.9 Å². The molecule has 0 spiro atoms. The summed E-state index contributed by atoms with van der Waals surface area (Å²) in [6.45, 7) is 11.3. The molecule has 1 saturated carbocycles. The van der Waals surface area contributed by atoms with E-state index in [0.29, 0.717) is 29.7 Å². The second kappa shape index (κ2) is 8.20. The number of hydrogen-bond donors (Lipinski definition) is 1. The van der Waals surface area contributed by atoms with Gasteiger partial charge in [0.05, 0.1) is 6.10 Å². The molecule has 1 aliphatic heterocycles. The normalized spacial score (nSPS) is 33.5. The van der Waals surface area contributed by atoms with Gasteiger partial charge < -0.3 is 10.0 Å². The van der Waals surface area contributed by atoms with Crippen LogP contribution >= 0.6 is 0 Å². The molecule has 2 aliphatic rings. The second-order valence-electron chi connectivity index (χ2n) is 8.73. The molecule has 5 atom stereocenters. The molecule has 2 fully saturated rings. The van der Waals surface area contributed by atoms with Crippen molar-refractivity contribution >= 4 is 0 Å². The highest BCUT2D eigenvalue weighted by Crippen LogP contribution is 2.46. The van der Waals surface area contributed by atoms with Crippen molar-refractivity contribution in [3.8, 4) is 0 Å². The molecule has 1 heterocycles. The number of hydrogen-bond acceptors (Lipinski definition) is 3. The smallest absolute Gasteiger partial charge is 0.0619 e. The molecule has 1 N–H and O–H groups in total. The third-order valence-electron chi connectivity index (χ3n) is 6.74. The molecule has 1 aliphatic carbocycles. The predicted octanol–water partition coefficient (Wildman–Crippen LogP) is 3.65. The van der Waals surface area contributed by atoms with Crippen LogP contribution in [0.5, 0.6) is 0 Å². The van der Waals surface area contributed by atoms with E-state index < -0.39 is 0 Å². The summed E-state index contributed by atoms with van der Waals surface area (Å²) in [4.78, 5) is 5.05. The summed E-state index contributed by atoms with van der Waals surface area (Å²) in [5, 5.41) is 11.3. The number of piperazine rings is 1. The molecule has 0 amide bonds. The van der Waals surface area contributed by atoms with E-state index in [0.717, 1.165) is 26.2 Å². The van der Waals surface area contributed by atoms with Crippen LogP contribution in [0.1, 0.15) is 45.2 Å². The van der Waals surface area contributed by atoms with Gasteiger partial charge in [-0.15, -0.1) is 0 Å². The standard InChI is InChI=1S/C22H36N2O/c1-16(2)19-11-10-17(3)20(22(19)25)21(18-8-6-5-7-9-18)24-14-12-23(4)13-15-24/h5-9,16-17,19-22,25H,10-15H2,1-4H3/t17-,19+,20?,21?,22?/m1/s1.